The summed E-state index contributed by atoms with van der Waals surface area (Å²) in [6, 6.07) is 9.19. The summed E-state index contributed by atoms with van der Waals surface area (Å²) in [7, 11) is 3.32. The van der Waals surface area contributed by atoms with Crippen molar-refractivity contribution in [3.63, 3.8) is 0 Å². The summed E-state index contributed by atoms with van der Waals surface area (Å²) in [5.74, 6) is -0.0153. The highest BCUT2D eigenvalue weighted by atomic mass is 16.2. The van der Waals surface area contributed by atoms with Gasteiger partial charge in [-0.3, -0.25) is 19.4 Å². The number of hydrogen-bond acceptors (Lipinski definition) is 3. The smallest absolute Gasteiger partial charge is 0.266 e. The van der Waals surface area contributed by atoms with E-state index in [1.54, 1.807) is 20.2 Å². The van der Waals surface area contributed by atoms with Crippen LogP contribution in [-0.2, 0) is 11.8 Å². The third-order valence-corrected chi connectivity index (χ3v) is 3.34. The molecule has 1 N–H and O–H groups in total. The van der Waals surface area contributed by atoms with Crippen molar-refractivity contribution in [2.24, 2.45) is 12.1 Å². The molecule has 2 aromatic rings. The molecule has 0 saturated carbocycles. The van der Waals surface area contributed by atoms with E-state index in [-0.39, 0.29) is 11.5 Å². The van der Waals surface area contributed by atoms with Crippen molar-refractivity contribution >= 4 is 11.6 Å². The summed E-state index contributed by atoms with van der Waals surface area (Å²) >= 11 is 0. The van der Waals surface area contributed by atoms with Crippen LogP contribution >= 0.6 is 0 Å². The summed E-state index contributed by atoms with van der Waals surface area (Å²) in [6.07, 6.45) is 0.311. The van der Waals surface area contributed by atoms with Crippen molar-refractivity contribution in [3.8, 4) is 11.3 Å². The summed E-state index contributed by atoms with van der Waals surface area (Å²) in [5, 5.41) is 8.56. The molecule has 20 heavy (non-hydrogen) atoms. The van der Waals surface area contributed by atoms with Gasteiger partial charge in [0, 0.05) is 25.7 Å². The Kier molecular flexibility index (Phi) is 2.78. The van der Waals surface area contributed by atoms with E-state index in [9.17, 15) is 9.59 Å². The second-order valence-corrected chi connectivity index (χ2v) is 4.79. The van der Waals surface area contributed by atoms with Gasteiger partial charge in [-0.1, -0.05) is 18.2 Å². The number of aryl methyl sites for hydroxylation is 1. The first kappa shape index (κ1) is 12.4. The van der Waals surface area contributed by atoms with Crippen LogP contribution in [0.15, 0.2) is 40.2 Å². The molecule has 3 rings (SSSR count). The molecule has 2 heterocycles. The average Bonchev–Trinajstić information content (AvgIpc) is 2.94. The first-order valence-electron chi connectivity index (χ1n) is 6.25. The molecule has 6 nitrogen and oxygen atoms in total. The van der Waals surface area contributed by atoms with Gasteiger partial charge in [0.2, 0.25) is 5.91 Å². The van der Waals surface area contributed by atoms with Crippen LogP contribution < -0.4 is 5.56 Å². The molecule has 0 radical (unpaired) electrons. The Morgan fingerprint density at radius 3 is 2.50 bits per heavy atom. The minimum atomic E-state index is -0.0847. The SMILES string of the molecule is CN1N=C(c2cccc(-c3cc(=O)n(C)[nH]3)c2)CC1=O. The van der Waals surface area contributed by atoms with Crippen LogP contribution in [0.4, 0.5) is 0 Å². The van der Waals surface area contributed by atoms with Gasteiger partial charge in [-0.2, -0.15) is 5.10 Å². The van der Waals surface area contributed by atoms with Crippen molar-refractivity contribution in [2.75, 3.05) is 7.05 Å². The molecule has 6 heteroatoms. The minimum Gasteiger partial charge on any atom is -0.295 e. The molecule has 1 amide bonds. The third-order valence-electron chi connectivity index (χ3n) is 3.34. The number of carbonyl (C=O) groups is 1. The molecular formula is C14H14N4O2. The highest BCUT2D eigenvalue weighted by molar-refractivity contribution is 6.13. The number of benzene rings is 1. The van der Waals surface area contributed by atoms with E-state index in [4.69, 9.17) is 0 Å². The zero-order chi connectivity index (χ0) is 14.3. The van der Waals surface area contributed by atoms with Crippen LogP contribution in [0.2, 0.25) is 0 Å². The van der Waals surface area contributed by atoms with Gasteiger partial charge < -0.3 is 0 Å². The molecule has 0 unspecified atom stereocenters. The molecule has 1 aliphatic heterocycles. The number of hydrazone groups is 1. The van der Waals surface area contributed by atoms with Crippen molar-refractivity contribution in [1.82, 2.24) is 14.8 Å². The molecule has 1 aromatic carbocycles. The van der Waals surface area contributed by atoms with Gasteiger partial charge >= 0.3 is 0 Å². The number of hydrogen-bond donors (Lipinski definition) is 1. The minimum absolute atomic E-state index is 0.0153. The molecule has 0 bridgehead atoms. The Labute approximate surface area is 115 Å². The summed E-state index contributed by atoms with van der Waals surface area (Å²) in [4.78, 5) is 23.0. The van der Waals surface area contributed by atoms with Crippen LogP contribution in [0.25, 0.3) is 11.3 Å². The second-order valence-electron chi connectivity index (χ2n) is 4.79. The maximum absolute atomic E-state index is 11.5. The summed E-state index contributed by atoms with van der Waals surface area (Å²) in [5.41, 5.74) is 3.20. The first-order chi connectivity index (χ1) is 9.54. The molecule has 0 saturated heterocycles. The lowest BCUT2D eigenvalue weighted by molar-refractivity contribution is -0.127. The Balaban J connectivity index is 2.00. The average molecular weight is 270 g/mol. The van der Waals surface area contributed by atoms with Crippen LogP contribution in [0.3, 0.4) is 0 Å². The number of nitrogens with one attached hydrogen (secondary N) is 1. The second kappa shape index (κ2) is 4.48. The molecule has 0 spiro atoms. The van der Waals surface area contributed by atoms with E-state index < -0.39 is 0 Å². The van der Waals surface area contributed by atoms with Crippen molar-refractivity contribution in [3.05, 3.63) is 46.2 Å². The number of nitrogens with zero attached hydrogens (tertiary/aromatic N) is 3. The van der Waals surface area contributed by atoms with E-state index in [2.05, 4.69) is 10.2 Å². The van der Waals surface area contributed by atoms with Crippen LogP contribution in [-0.4, -0.2) is 33.5 Å². The lowest BCUT2D eigenvalue weighted by atomic mass is 10.0. The molecule has 0 fully saturated rings. The maximum Gasteiger partial charge on any atom is 0.266 e. The van der Waals surface area contributed by atoms with Gasteiger partial charge in [0.1, 0.15) is 0 Å². The van der Waals surface area contributed by atoms with E-state index in [0.717, 1.165) is 22.5 Å². The van der Waals surface area contributed by atoms with Gasteiger partial charge in [0.25, 0.3) is 5.56 Å². The van der Waals surface area contributed by atoms with E-state index in [0.29, 0.717) is 6.42 Å². The monoisotopic (exact) mass is 270 g/mol. The number of aromatic amines is 1. The first-order valence-corrected chi connectivity index (χ1v) is 6.25. The zero-order valence-electron chi connectivity index (χ0n) is 11.3. The van der Waals surface area contributed by atoms with Crippen molar-refractivity contribution < 1.29 is 4.79 Å². The van der Waals surface area contributed by atoms with Crippen LogP contribution in [0, 0.1) is 0 Å². The molecule has 0 atom stereocenters. The Morgan fingerprint density at radius 2 is 1.90 bits per heavy atom. The lowest BCUT2D eigenvalue weighted by Crippen LogP contribution is -2.14. The fraction of sp³-hybridized carbons (Fsp3) is 0.214. The molecule has 0 aliphatic carbocycles. The third kappa shape index (κ3) is 2.05. The number of amides is 1. The number of aromatic nitrogens is 2. The van der Waals surface area contributed by atoms with E-state index in [1.807, 2.05) is 24.3 Å². The molecule has 102 valence electrons. The highest BCUT2D eigenvalue weighted by Crippen LogP contribution is 2.20. The molecule has 1 aliphatic rings. The van der Waals surface area contributed by atoms with E-state index >= 15 is 0 Å². The standard InChI is InChI=1S/C14H14N4O2/c1-17-13(19)7-11(15-17)9-4-3-5-10(6-9)12-8-14(20)18(2)16-12/h3-7,15H,8H2,1-2H3. The van der Waals surface area contributed by atoms with Gasteiger partial charge in [0.15, 0.2) is 0 Å². The predicted molar refractivity (Wildman–Crippen MR) is 75.4 cm³/mol. The largest absolute Gasteiger partial charge is 0.295 e. The number of H-pyrrole nitrogens is 1. The fourth-order valence-corrected chi connectivity index (χ4v) is 2.19. The number of carbonyl (C=O) groups excluding carboxylic acids is 1. The van der Waals surface area contributed by atoms with Gasteiger partial charge in [0.05, 0.1) is 17.8 Å². The van der Waals surface area contributed by atoms with Crippen molar-refractivity contribution in [2.45, 2.75) is 6.42 Å². The number of rotatable bonds is 2. The fourth-order valence-electron chi connectivity index (χ4n) is 2.19. The highest BCUT2D eigenvalue weighted by Gasteiger charge is 2.21. The normalized spacial score (nSPS) is 14.8. The maximum atomic E-state index is 11.5. The Morgan fingerprint density at radius 1 is 1.15 bits per heavy atom. The topological polar surface area (TPSA) is 70.5 Å². The van der Waals surface area contributed by atoms with Gasteiger partial charge in [-0.15, -0.1) is 0 Å². The predicted octanol–water partition coefficient (Wildman–Crippen LogP) is 0.947. The van der Waals surface area contributed by atoms with Crippen molar-refractivity contribution in [1.29, 1.82) is 0 Å². The molecular weight excluding hydrogens is 256 g/mol. The van der Waals surface area contributed by atoms with Crippen LogP contribution in [0.5, 0.6) is 0 Å². The lowest BCUT2D eigenvalue weighted by Gasteiger charge is -2.03. The van der Waals surface area contributed by atoms with E-state index in [1.165, 1.54) is 9.69 Å². The molecule has 1 aromatic heterocycles. The van der Waals surface area contributed by atoms with Crippen LogP contribution in [0.1, 0.15) is 12.0 Å². The summed E-state index contributed by atoms with van der Waals surface area (Å²) in [6.45, 7) is 0. The van der Waals surface area contributed by atoms with Gasteiger partial charge in [-0.05, 0) is 11.6 Å². The summed E-state index contributed by atoms with van der Waals surface area (Å²) < 4.78 is 1.42. The van der Waals surface area contributed by atoms with Gasteiger partial charge in [-0.25, -0.2) is 5.01 Å². The zero-order valence-corrected chi connectivity index (χ0v) is 11.3. The Hall–Kier alpha value is -2.63. The quantitative estimate of drug-likeness (QED) is 0.882. The Bertz CT molecular complexity index is 769.